The van der Waals surface area contributed by atoms with Crippen LogP contribution in [0.4, 0.5) is 4.39 Å². The van der Waals surface area contributed by atoms with Crippen LogP contribution in [0.1, 0.15) is 35.6 Å². The topological polar surface area (TPSA) is 69.3 Å². The molecule has 0 spiro atoms. The maximum absolute atomic E-state index is 13.8. The van der Waals surface area contributed by atoms with Gasteiger partial charge in [0.25, 0.3) is 0 Å². The average molecular weight is 515 g/mol. The van der Waals surface area contributed by atoms with Crippen molar-refractivity contribution in [1.82, 2.24) is 29.7 Å². The monoisotopic (exact) mass is 514 g/mol. The molecular weight excluding hydrogens is 490 g/mol. The van der Waals surface area contributed by atoms with Gasteiger partial charge in [-0.05, 0) is 68.0 Å². The molecular formula is C25H25Cl2FN6O. The minimum atomic E-state index is -0.490. The standard InChI is InChI=1S/C25H25Cl2FN6O/c26-21-1-2-22(28)23(27)20(21)13-35-12-15-7-16-10-34-25(19(16)8-15)24(30-14-32-34)17-9-31-33(11-17)18-3-5-29-6-4-18/h1-2,9-11,14-15,18,29H,3-8,12-13H2. The molecule has 0 amide bonds. The van der Waals surface area contributed by atoms with E-state index in [1.165, 1.54) is 23.3 Å². The summed E-state index contributed by atoms with van der Waals surface area (Å²) in [5.74, 6) is -0.183. The number of nitrogens with one attached hydrogen (secondary N) is 1. The molecule has 0 bridgehead atoms. The summed E-state index contributed by atoms with van der Waals surface area (Å²) in [6.45, 7) is 2.74. The van der Waals surface area contributed by atoms with Crippen LogP contribution in [-0.4, -0.2) is 44.1 Å². The fourth-order valence-corrected chi connectivity index (χ4v) is 5.77. The van der Waals surface area contributed by atoms with Gasteiger partial charge in [0.1, 0.15) is 17.8 Å². The highest BCUT2D eigenvalue weighted by Crippen LogP contribution is 2.36. The maximum atomic E-state index is 13.8. The van der Waals surface area contributed by atoms with E-state index >= 15 is 0 Å². The molecule has 3 aromatic heterocycles. The molecule has 1 aliphatic heterocycles. The predicted octanol–water partition coefficient (Wildman–Crippen LogP) is 4.89. The molecule has 6 rings (SSSR count). The van der Waals surface area contributed by atoms with Crippen LogP contribution < -0.4 is 5.32 Å². The van der Waals surface area contributed by atoms with Gasteiger partial charge in [0, 0.05) is 28.5 Å². The van der Waals surface area contributed by atoms with Crippen molar-refractivity contribution >= 4 is 28.7 Å². The number of rotatable bonds is 6. The fraction of sp³-hybridized carbons (Fsp3) is 0.400. The molecule has 0 radical (unpaired) electrons. The Labute approximate surface area is 212 Å². The number of fused-ring (bicyclic) bond motifs is 3. The molecule has 10 heteroatoms. The summed E-state index contributed by atoms with van der Waals surface area (Å²) < 4.78 is 23.7. The van der Waals surface area contributed by atoms with Crippen molar-refractivity contribution in [2.75, 3.05) is 19.7 Å². The van der Waals surface area contributed by atoms with Crippen molar-refractivity contribution in [2.24, 2.45) is 5.92 Å². The van der Waals surface area contributed by atoms with Gasteiger partial charge in [0.05, 0.1) is 36.0 Å². The van der Waals surface area contributed by atoms with Crippen molar-refractivity contribution in [3.63, 3.8) is 0 Å². The SMILES string of the molecule is Fc1ccc(Cl)c(COCC2Cc3cn4ncnc(-c5cnn(C6CCNCC6)c5)c4c3C2)c1Cl. The van der Waals surface area contributed by atoms with Crippen LogP contribution >= 0.6 is 23.2 Å². The molecule has 1 saturated heterocycles. The molecule has 2 aliphatic rings. The summed E-state index contributed by atoms with van der Waals surface area (Å²) >= 11 is 12.3. The zero-order valence-corrected chi connectivity index (χ0v) is 20.6. The summed E-state index contributed by atoms with van der Waals surface area (Å²) in [6, 6.07) is 3.19. The molecule has 1 unspecified atom stereocenters. The van der Waals surface area contributed by atoms with E-state index < -0.39 is 5.82 Å². The van der Waals surface area contributed by atoms with E-state index in [-0.39, 0.29) is 11.6 Å². The van der Waals surface area contributed by atoms with E-state index in [1.807, 2.05) is 10.7 Å². The Morgan fingerprint density at radius 2 is 1.97 bits per heavy atom. The molecule has 4 heterocycles. The maximum Gasteiger partial charge on any atom is 0.142 e. The molecule has 0 saturated carbocycles. The van der Waals surface area contributed by atoms with Gasteiger partial charge in [-0.1, -0.05) is 23.2 Å². The minimum absolute atomic E-state index is 0.0232. The van der Waals surface area contributed by atoms with Gasteiger partial charge >= 0.3 is 0 Å². The van der Waals surface area contributed by atoms with Crippen molar-refractivity contribution < 1.29 is 9.13 Å². The van der Waals surface area contributed by atoms with E-state index in [2.05, 4.69) is 37.6 Å². The first-order chi connectivity index (χ1) is 17.1. The van der Waals surface area contributed by atoms with Crippen LogP contribution in [0.2, 0.25) is 10.0 Å². The van der Waals surface area contributed by atoms with Crippen LogP contribution in [0.5, 0.6) is 0 Å². The molecule has 7 nitrogen and oxygen atoms in total. The molecule has 182 valence electrons. The predicted molar refractivity (Wildman–Crippen MR) is 132 cm³/mol. The highest BCUT2D eigenvalue weighted by atomic mass is 35.5. The van der Waals surface area contributed by atoms with Crippen molar-refractivity contribution in [1.29, 1.82) is 0 Å². The Morgan fingerprint density at radius 1 is 1.11 bits per heavy atom. The second-order valence-electron chi connectivity index (χ2n) is 9.34. The van der Waals surface area contributed by atoms with E-state index in [9.17, 15) is 4.39 Å². The number of hydrogen-bond donors (Lipinski definition) is 1. The van der Waals surface area contributed by atoms with E-state index in [0.29, 0.717) is 29.2 Å². The number of aromatic nitrogens is 5. The zero-order valence-electron chi connectivity index (χ0n) is 19.1. The quantitative estimate of drug-likeness (QED) is 0.370. The summed E-state index contributed by atoms with van der Waals surface area (Å²) in [7, 11) is 0. The van der Waals surface area contributed by atoms with Crippen LogP contribution in [0.3, 0.4) is 0 Å². The van der Waals surface area contributed by atoms with Crippen LogP contribution in [0, 0.1) is 11.7 Å². The lowest BCUT2D eigenvalue weighted by Gasteiger charge is -2.22. The third-order valence-electron chi connectivity index (χ3n) is 7.07. The van der Waals surface area contributed by atoms with Gasteiger partial charge in [-0.15, -0.1) is 0 Å². The van der Waals surface area contributed by atoms with Gasteiger partial charge in [0.15, 0.2) is 0 Å². The van der Waals surface area contributed by atoms with Crippen molar-refractivity contribution in [2.45, 2.75) is 38.3 Å². The molecule has 1 aliphatic carbocycles. The summed E-state index contributed by atoms with van der Waals surface area (Å²) in [4.78, 5) is 4.65. The van der Waals surface area contributed by atoms with E-state index in [0.717, 1.165) is 55.5 Å². The Hall–Kier alpha value is -2.52. The molecule has 4 aromatic rings. The number of hydrogen-bond acceptors (Lipinski definition) is 5. The van der Waals surface area contributed by atoms with Crippen LogP contribution in [0.15, 0.2) is 37.1 Å². The Bertz CT molecular complexity index is 1380. The minimum Gasteiger partial charge on any atom is -0.376 e. The highest BCUT2D eigenvalue weighted by molar-refractivity contribution is 6.36. The lowest BCUT2D eigenvalue weighted by atomic mass is 10.1. The molecule has 1 atom stereocenters. The first kappa shape index (κ1) is 22.9. The largest absolute Gasteiger partial charge is 0.376 e. The number of ether oxygens (including phenoxy) is 1. The normalized spacial score (nSPS) is 18.4. The number of nitrogens with zero attached hydrogens (tertiary/aromatic N) is 5. The second kappa shape index (κ2) is 9.50. The lowest BCUT2D eigenvalue weighted by molar-refractivity contribution is 0.0897. The fourth-order valence-electron chi connectivity index (χ4n) is 5.29. The van der Waals surface area contributed by atoms with Gasteiger partial charge in [-0.25, -0.2) is 13.9 Å². The molecule has 35 heavy (non-hydrogen) atoms. The summed E-state index contributed by atoms with van der Waals surface area (Å²) in [6.07, 6.45) is 11.6. The zero-order chi connectivity index (χ0) is 23.9. The number of halogens is 3. The van der Waals surface area contributed by atoms with Gasteiger partial charge in [-0.2, -0.15) is 10.2 Å². The summed E-state index contributed by atoms with van der Waals surface area (Å²) in [5, 5.41) is 12.9. The van der Waals surface area contributed by atoms with E-state index in [4.69, 9.17) is 27.9 Å². The first-order valence-corrected chi connectivity index (χ1v) is 12.6. The summed E-state index contributed by atoms with van der Waals surface area (Å²) in [5.41, 5.74) is 5.94. The van der Waals surface area contributed by atoms with Crippen LogP contribution in [0.25, 0.3) is 16.8 Å². The second-order valence-corrected chi connectivity index (χ2v) is 10.1. The third kappa shape index (κ3) is 4.33. The smallest absolute Gasteiger partial charge is 0.142 e. The Morgan fingerprint density at radius 3 is 2.83 bits per heavy atom. The van der Waals surface area contributed by atoms with E-state index in [1.54, 1.807) is 6.33 Å². The Kier molecular flexibility index (Phi) is 6.22. The Balaban J connectivity index is 1.19. The van der Waals surface area contributed by atoms with Gasteiger partial charge in [0.2, 0.25) is 0 Å². The van der Waals surface area contributed by atoms with Crippen molar-refractivity contribution in [3.8, 4) is 11.3 Å². The van der Waals surface area contributed by atoms with Gasteiger partial charge < -0.3 is 10.1 Å². The molecule has 1 aromatic carbocycles. The third-order valence-corrected chi connectivity index (χ3v) is 7.83. The first-order valence-electron chi connectivity index (χ1n) is 11.9. The molecule has 1 fully saturated rings. The van der Waals surface area contributed by atoms with Crippen LogP contribution in [-0.2, 0) is 24.2 Å². The number of benzene rings is 1. The van der Waals surface area contributed by atoms with Crippen molar-refractivity contribution in [3.05, 3.63) is 69.6 Å². The van der Waals surface area contributed by atoms with Gasteiger partial charge in [-0.3, -0.25) is 4.68 Å². The highest BCUT2D eigenvalue weighted by Gasteiger charge is 2.28. The number of piperidine rings is 1. The average Bonchev–Trinajstić information content (AvgIpc) is 3.59. The lowest BCUT2D eigenvalue weighted by Crippen LogP contribution is -2.29. The molecule has 1 N–H and O–H groups in total.